The van der Waals surface area contributed by atoms with Crippen molar-refractivity contribution in [3.8, 4) is 0 Å². The van der Waals surface area contributed by atoms with Gasteiger partial charge in [-0.1, -0.05) is 151 Å². The van der Waals surface area contributed by atoms with Gasteiger partial charge in [-0.05, 0) is 0 Å². The van der Waals surface area contributed by atoms with E-state index in [9.17, 15) is 5.11 Å². The van der Waals surface area contributed by atoms with Crippen LogP contribution in [0.25, 0.3) is 0 Å². The first-order valence-electron chi connectivity index (χ1n) is 3.91. The molecule has 0 aromatic rings. The Morgan fingerprint density at radius 2 is 0.650 bits per heavy atom. The number of rotatable bonds is 2. The van der Waals surface area contributed by atoms with Crippen molar-refractivity contribution < 1.29 is 5.11 Å². The number of halogens is 13. The average Bonchev–Trinajstić information content (AvgIpc) is 2.10. The Bertz CT molecular complexity index is 343. The molecule has 0 fully saturated rings. The molecule has 0 aliphatic heterocycles. The molecule has 0 rings (SSSR count). The van der Waals surface area contributed by atoms with Gasteiger partial charge in [0.05, 0.1) is 0 Å². The lowest BCUT2D eigenvalue weighted by molar-refractivity contribution is -0.0411. The van der Waals surface area contributed by atoms with Crippen LogP contribution in [0.3, 0.4) is 0 Å². The summed E-state index contributed by atoms with van der Waals surface area (Å²) in [6.07, 6.45) is 0. The normalized spacial score (nSPS) is 16.5. The van der Waals surface area contributed by atoms with Gasteiger partial charge in [-0.3, -0.25) is 0 Å². The van der Waals surface area contributed by atoms with E-state index < -0.39 is 25.6 Å². The Kier molecular flexibility index (Phi) is 8.07. The maximum atomic E-state index is 12.9. The van der Waals surface area contributed by atoms with Crippen LogP contribution in [0.2, 0.25) is 0 Å². The van der Waals surface area contributed by atoms with Gasteiger partial charge in [-0.15, -0.1) is 0 Å². The van der Waals surface area contributed by atoms with E-state index in [-0.39, 0.29) is 0 Å². The fraction of sp³-hybridized carbons (Fsp3) is 1.00. The molecule has 0 saturated carbocycles. The summed E-state index contributed by atoms with van der Waals surface area (Å²) in [6, 6.07) is 0. The molecule has 0 spiro atoms. The molecule has 0 N–H and O–H groups in total. The highest BCUT2D eigenvalue weighted by Gasteiger charge is 2.80. The van der Waals surface area contributed by atoms with Gasteiger partial charge in [0.15, 0.2) is 4.33 Å². The zero-order chi connectivity index (χ0) is 17.0. The maximum Gasteiger partial charge on any atom is 0.232 e. The standard InChI is InChI=1S/C6Cl13O/c7-2(8,3(9,10)6(17,18)19)1(20,4(11,12)13)5(14,15)16. The molecule has 1 radical (unpaired) electrons. The summed E-state index contributed by atoms with van der Waals surface area (Å²) in [7, 11) is 0. The summed E-state index contributed by atoms with van der Waals surface area (Å²) in [6.45, 7) is 0. The molecule has 0 aromatic heterocycles. The Morgan fingerprint density at radius 3 is 0.800 bits per heavy atom. The molecule has 121 valence electrons. The fourth-order valence-corrected chi connectivity index (χ4v) is 5.46. The lowest BCUT2D eigenvalue weighted by Gasteiger charge is -2.50. The van der Waals surface area contributed by atoms with Crippen molar-refractivity contribution in [1.82, 2.24) is 0 Å². The van der Waals surface area contributed by atoms with Gasteiger partial charge in [0.1, 0.15) is 0 Å². The molecule has 0 atom stereocenters. The van der Waals surface area contributed by atoms with Crippen molar-refractivity contribution in [2.24, 2.45) is 0 Å². The van der Waals surface area contributed by atoms with Crippen LogP contribution in [0.4, 0.5) is 0 Å². The van der Waals surface area contributed by atoms with E-state index in [2.05, 4.69) is 0 Å². The third kappa shape index (κ3) is 3.93. The van der Waals surface area contributed by atoms with Crippen LogP contribution in [-0.2, 0) is 5.11 Å². The van der Waals surface area contributed by atoms with Crippen molar-refractivity contribution in [1.29, 1.82) is 0 Å². The molecule has 0 heterocycles. The van der Waals surface area contributed by atoms with Crippen LogP contribution >= 0.6 is 151 Å². The van der Waals surface area contributed by atoms with Crippen molar-refractivity contribution in [3.05, 3.63) is 0 Å². The second-order valence-corrected chi connectivity index (χ2v) is 12.8. The molecule has 20 heavy (non-hydrogen) atoms. The lowest BCUT2D eigenvalue weighted by atomic mass is 9.99. The van der Waals surface area contributed by atoms with Crippen molar-refractivity contribution in [3.63, 3.8) is 0 Å². The average molecular weight is 549 g/mol. The van der Waals surface area contributed by atoms with E-state index in [0.29, 0.717) is 0 Å². The molecule has 0 amide bonds. The Balaban J connectivity index is 6.38. The first kappa shape index (κ1) is 23.7. The van der Waals surface area contributed by atoms with Crippen molar-refractivity contribution in [2.45, 2.75) is 25.6 Å². The topological polar surface area (TPSA) is 19.9 Å². The van der Waals surface area contributed by atoms with Crippen LogP contribution in [0.5, 0.6) is 0 Å². The minimum absolute atomic E-state index is 2.60. The van der Waals surface area contributed by atoms with Crippen molar-refractivity contribution in [2.75, 3.05) is 0 Å². The summed E-state index contributed by atoms with van der Waals surface area (Å²) in [5.74, 6) is 0. The van der Waals surface area contributed by atoms with Crippen LogP contribution in [0.1, 0.15) is 0 Å². The van der Waals surface area contributed by atoms with Gasteiger partial charge >= 0.3 is 0 Å². The molecular formula is C6Cl13O. The Labute approximate surface area is 179 Å². The smallest absolute Gasteiger partial charge is 0.216 e. The largest absolute Gasteiger partial charge is 0.232 e. The monoisotopic (exact) mass is 543 g/mol. The van der Waals surface area contributed by atoms with Gasteiger partial charge in [0, 0.05) is 0 Å². The maximum absolute atomic E-state index is 12.9. The first-order valence-corrected chi connectivity index (χ1v) is 8.82. The van der Waals surface area contributed by atoms with E-state index in [1.807, 2.05) is 0 Å². The lowest BCUT2D eigenvalue weighted by Crippen LogP contribution is -2.70. The predicted octanol–water partition coefficient (Wildman–Crippen LogP) is 7.61. The Hall–Kier alpha value is 3.73. The second kappa shape index (κ2) is 6.80. The van der Waals surface area contributed by atoms with E-state index in [1.54, 1.807) is 0 Å². The van der Waals surface area contributed by atoms with Crippen LogP contribution in [0, 0.1) is 0 Å². The van der Waals surface area contributed by atoms with E-state index >= 15 is 0 Å². The summed E-state index contributed by atoms with van der Waals surface area (Å²) in [5, 5.41) is 12.9. The molecule has 0 aliphatic carbocycles. The third-order valence-electron chi connectivity index (χ3n) is 1.99. The molecule has 0 unspecified atom stereocenters. The third-order valence-corrected chi connectivity index (χ3v) is 7.64. The minimum atomic E-state index is -3.43. The van der Waals surface area contributed by atoms with E-state index in [1.165, 1.54) is 0 Å². The second-order valence-electron chi connectivity index (χ2n) is 3.32. The van der Waals surface area contributed by atoms with Crippen molar-refractivity contribution >= 4 is 151 Å². The van der Waals surface area contributed by atoms with Gasteiger partial charge in [0.2, 0.25) is 21.3 Å². The van der Waals surface area contributed by atoms with Gasteiger partial charge in [-0.25, -0.2) is 5.11 Å². The zero-order valence-corrected chi connectivity index (χ0v) is 18.1. The quantitative estimate of drug-likeness (QED) is 0.316. The summed E-state index contributed by atoms with van der Waals surface area (Å²) >= 11 is 72.8. The molecule has 0 aliphatic rings. The van der Waals surface area contributed by atoms with E-state index in [4.69, 9.17) is 151 Å². The predicted molar refractivity (Wildman–Crippen MR) is 93.2 cm³/mol. The van der Waals surface area contributed by atoms with Gasteiger partial charge in [0.25, 0.3) is 0 Å². The summed E-state index contributed by atoms with van der Waals surface area (Å²) in [4.78, 5) is 0. The fourth-order valence-electron chi connectivity index (χ4n) is 0.916. The molecule has 0 saturated heterocycles. The highest BCUT2D eigenvalue weighted by Crippen LogP contribution is 2.68. The Morgan fingerprint density at radius 1 is 0.400 bits per heavy atom. The molecule has 14 heteroatoms. The number of hydrogen-bond donors (Lipinski definition) is 0. The highest BCUT2D eigenvalue weighted by molar-refractivity contribution is 6.81. The molecule has 0 aromatic carbocycles. The van der Waals surface area contributed by atoms with Crippen LogP contribution in [0.15, 0.2) is 0 Å². The number of hydrogen-bond acceptors (Lipinski definition) is 0. The molecule has 0 bridgehead atoms. The van der Waals surface area contributed by atoms with Crippen LogP contribution < -0.4 is 0 Å². The van der Waals surface area contributed by atoms with E-state index in [0.717, 1.165) is 0 Å². The molecular weight excluding hydrogens is 549 g/mol. The van der Waals surface area contributed by atoms with Crippen LogP contribution in [-0.4, -0.2) is 25.6 Å². The SMILES string of the molecule is [O]C(C(Cl)(Cl)Cl)(C(Cl)(Cl)Cl)C(Cl)(Cl)C(Cl)(Cl)C(Cl)(Cl)Cl. The van der Waals surface area contributed by atoms with Gasteiger partial charge in [-0.2, -0.15) is 0 Å². The molecule has 1 nitrogen and oxygen atoms in total. The number of alkyl halides is 13. The van der Waals surface area contributed by atoms with Gasteiger partial charge < -0.3 is 0 Å². The minimum Gasteiger partial charge on any atom is -0.216 e. The first-order chi connectivity index (χ1) is 8.25. The summed E-state index contributed by atoms with van der Waals surface area (Å²) in [5.41, 5.74) is -3.43. The highest BCUT2D eigenvalue weighted by atomic mass is 35.6. The summed E-state index contributed by atoms with van der Waals surface area (Å²) < 4.78 is -14.3. The zero-order valence-electron chi connectivity index (χ0n) is 8.32.